The van der Waals surface area contributed by atoms with Crippen LogP contribution in [0.2, 0.25) is 0 Å². The van der Waals surface area contributed by atoms with Gasteiger partial charge in [-0.3, -0.25) is 4.79 Å². The molecular formula is C13H18N2OS. The highest BCUT2D eigenvalue weighted by Gasteiger charge is 2.16. The van der Waals surface area contributed by atoms with Gasteiger partial charge in [-0.25, -0.2) is 0 Å². The first kappa shape index (κ1) is 12.3. The summed E-state index contributed by atoms with van der Waals surface area (Å²) in [6.45, 7) is 4.59. The SMILES string of the molecule is CC(C(=O)NCC1=CCNCC1)c1cccs1. The Kier molecular flexibility index (Phi) is 4.34. The van der Waals surface area contributed by atoms with Crippen LogP contribution in [0.1, 0.15) is 24.1 Å². The number of carbonyl (C=O) groups excluding carboxylic acids is 1. The lowest BCUT2D eigenvalue weighted by molar-refractivity contribution is -0.121. The van der Waals surface area contributed by atoms with E-state index in [1.165, 1.54) is 5.57 Å². The number of carbonyl (C=O) groups is 1. The number of hydrogen-bond donors (Lipinski definition) is 2. The zero-order chi connectivity index (χ0) is 12.1. The van der Waals surface area contributed by atoms with Crippen LogP contribution in [0.15, 0.2) is 29.2 Å². The van der Waals surface area contributed by atoms with Gasteiger partial charge >= 0.3 is 0 Å². The minimum atomic E-state index is -0.0442. The fourth-order valence-corrected chi connectivity index (χ4v) is 2.63. The van der Waals surface area contributed by atoms with Crippen molar-refractivity contribution in [2.24, 2.45) is 0 Å². The third-order valence-electron chi connectivity index (χ3n) is 3.01. The van der Waals surface area contributed by atoms with E-state index in [4.69, 9.17) is 0 Å². The maximum absolute atomic E-state index is 11.9. The smallest absolute Gasteiger partial charge is 0.228 e. The number of rotatable bonds is 4. The second kappa shape index (κ2) is 5.98. The minimum absolute atomic E-state index is 0.0442. The Bertz CT molecular complexity index is 398. The fourth-order valence-electron chi connectivity index (χ4n) is 1.85. The number of hydrogen-bond acceptors (Lipinski definition) is 3. The largest absolute Gasteiger partial charge is 0.352 e. The van der Waals surface area contributed by atoms with Gasteiger partial charge in [0.15, 0.2) is 0 Å². The van der Waals surface area contributed by atoms with Crippen LogP contribution in [-0.4, -0.2) is 25.5 Å². The average molecular weight is 250 g/mol. The Balaban J connectivity index is 1.83. The van der Waals surface area contributed by atoms with Gasteiger partial charge in [-0.1, -0.05) is 17.7 Å². The Morgan fingerprint density at radius 3 is 3.18 bits per heavy atom. The first-order valence-corrected chi connectivity index (χ1v) is 6.85. The molecule has 0 bridgehead atoms. The van der Waals surface area contributed by atoms with Gasteiger partial charge in [0, 0.05) is 18.0 Å². The lowest BCUT2D eigenvalue weighted by atomic mass is 10.1. The van der Waals surface area contributed by atoms with Crippen LogP contribution in [0.25, 0.3) is 0 Å². The van der Waals surface area contributed by atoms with Crippen molar-refractivity contribution in [2.75, 3.05) is 19.6 Å². The number of thiophene rings is 1. The first-order valence-electron chi connectivity index (χ1n) is 5.97. The van der Waals surface area contributed by atoms with Crippen LogP contribution in [0.3, 0.4) is 0 Å². The molecule has 0 aliphatic carbocycles. The molecule has 2 N–H and O–H groups in total. The number of nitrogens with one attached hydrogen (secondary N) is 2. The standard InChI is InChI=1S/C13H18N2OS/c1-10(12-3-2-8-17-12)13(16)15-9-11-4-6-14-7-5-11/h2-4,8,10,14H,5-7,9H2,1H3,(H,15,16). The molecule has 0 aromatic carbocycles. The molecule has 17 heavy (non-hydrogen) atoms. The van der Waals surface area contributed by atoms with E-state index in [9.17, 15) is 4.79 Å². The molecule has 1 aromatic rings. The third kappa shape index (κ3) is 3.41. The maximum Gasteiger partial charge on any atom is 0.228 e. The van der Waals surface area contributed by atoms with E-state index in [-0.39, 0.29) is 11.8 Å². The van der Waals surface area contributed by atoms with Gasteiger partial charge in [-0.15, -0.1) is 11.3 Å². The van der Waals surface area contributed by atoms with E-state index >= 15 is 0 Å². The molecule has 1 unspecified atom stereocenters. The molecule has 0 radical (unpaired) electrons. The summed E-state index contributed by atoms with van der Waals surface area (Å²) < 4.78 is 0. The van der Waals surface area contributed by atoms with Crippen molar-refractivity contribution in [2.45, 2.75) is 19.3 Å². The summed E-state index contributed by atoms with van der Waals surface area (Å²) in [4.78, 5) is 13.1. The molecule has 1 aromatic heterocycles. The zero-order valence-corrected chi connectivity index (χ0v) is 10.8. The summed E-state index contributed by atoms with van der Waals surface area (Å²) in [5, 5.41) is 8.28. The Hall–Kier alpha value is -1.13. The molecule has 0 saturated carbocycles. The minimum Gasteiger partial charge on any atom is -0.352 e. The van der Waals surface area contributed by atoms with E-state index in [1.54, 1.807) is 11.3 Å². The van der Waals surface area contributed by atoms with E-state index < -0.39 is 0 Å². The molecule has 92 valence electrons. The molecular weight excluding hydrogens is 232 g/mol. The molecule has 2 heterocycles. The van der Waals surface area contributed by atoms with Crippen molar-refractivity contribution in [3.05, 3.63) is 34.0 Å². The normalized spacial score (nSPS) is 17.4. The van der Waals surface area contributed by atoms with Gasteiger partial charge in [-0.2, -0.15) is 0 Å². The fraction of sp³-hybridized carbons (Fsp3) is 0.462. The second-order valence-electron chi connectivity index (χ2n) is 4.27. The molecule has 0 spiro atoms. The quantitative estimate of drug-likeness (QED) is 0.801. The van der Waals surface area contributed by atoms with Gasteiger partial charge in [0.1, 0.15) is 0 Å². The van der Waals surface area contributed by atoms with Gasteiger partial charge in [0.25, 0.3) is 0 Å². The van der Waals surface area contributed by atoms with Crippen LogP contribution in [0.4, 0.5) is 0 Å². The predicted molar refractivity (Wildman–Crippen MR) is 71.3 cm³/mol. The summed E-state index contributed by atoms with van der Waals surface area (Å²) in [5.74, 6) is 0.0733. The summed E-state index contributed by atoms with van der Waals surface area (Å²) in [5.41, 5.74) is 1.33. The molecule has 3 nitrogen and oxygen atoms in total. The lowest BCUT2D eigenvalue weighted by Crippen LogP contribution is -2.32. The molecule has 1 atom stereocenters. The Morgan fingerprint density at radius 2 is 2.53 bits per heavy atom. The molecule has 4 heteroatoms. The third-order valence-corrected chi connectivity index (χ3v) is 4.07. The lowest BCUT2D eigenvalue weighted by Gasteiger charge is -2.16. The van der Waals surface area contributed by atoms with Gasteiger partial charge in [-0.05, 0) is 31.3 Å². The van der Waals surface area contributed by atoms with Crippen molar-refractivity contribution >= 4 is 17.2 Å². The van der Waals surface area contributed by atoms with Crippen molar-refractivity contribution in [3.8, 4) is 0 Å². The molecule has 1 amide bonds. The number of amides is 1. The maximum atomic E-state index is 11.9. The van der Waals surface area contributed by atoms with Gasteiger partial charge in [0.05, 0.1) is 5.92 Å². The van der Waals surface area contributed by atoms with Gasteiger partial charge < -0.3 is 10.6 Å². The highest BCUT2D eigenvalue weighted by atomic mass is 32.1. The van der Waals surface area contributed by atoms with E-state index in [0.29, 0.717) is 6.54 Å². The van der Waals surface area contributed by atoms with Crippen LogP contribution < -0.4 is 10.6 Å². The summed E-state index contributed by atoms with van der Waals surface area (Å²) in [6, 6.07) is 4.00. The van der Waals surface area contributed by atoms with E-state index in [2.05, 4.69) is 16.7 Å². The van der Waals surface area contributed by atoms with Crippen LogP contribution in [0.5, 0.6) is 0 Å². The summed E-state index contributed by atoms with van der Waals surface area (Å²) in [7, 11) is 0. The topological polar surface area (TPSA) is 41.1 Å². The highest BCUT2D eigenvalue weighted by molar-refractivity contribution is 7.10. The molecule has 1 aliphatic rings. The van der Waals surface area contributed by atoms with Crippen molar-refractivity contribution in [1.29, 1.82) is 0 Å². The average Bonchev–Trinajstić information content (AvgIpc) is 2.90. The van der Waals surface area contributed by atoms with Crippen LogP contribution in [0, 0.1) is 0 Å². The van der Waals surface area contributed by atoms with Crippen LogP contribution in [-0.2, 0) is 4.79 Å². The summed E-state index contributed by atoms with van der Waals surface area (Å²) >= 11 is 1.64. The summed E-state index contributed by atoms with van der Waals surface area (Å²) in [6.07, 6.45) is 3.20. The van der Waals surface area contributed by atoms with Crippen LogP contribution >= 0.6 is 11.3 Å². The molecule has 0 fully saturated rings. The van der Waals surface area contributed by atoms with Crippen molar-refractivity contribution < 1.29 is 4.79 Å². The van der Waals surface area contributed by atoms with Crippen molar-refractivity contribution in [1.82, 2.24) is 10.6 Å². The van der Waals surface area contributed by atoms with Crippen molar-refractivity contribution in [3.63, 3.8) is 0 Å². The highest BCUT2D eigenvalue weighted by Crippen LogP contribution is 2.20. The molecule has 0 saturated heterocycles. The Labute approximate surface area is 106 Å². The second-order valence-corrected chi connectivity index (χ2v) is 5.25. The molecule has 1 aliphatic heterocycles. The monoisotopic (exact) mass is 250 g/mol. The predicted octanol–water partition coefficient (Wildman–Crippen LogP) is 1.89. The zero-order valence-electron chi connectivity index (χ0n) is 10.0. The van der Waals surface area contributed by atoms with E-state index in [1.807, 2.05) is 24.4 Å². The Morgan fingerprint density at radius 1 is 1.65 bits per heavy atom. The first-order chi connectivity index (χ1) is 8.27. The van der Waals surface area contributed by atoms with Gasteiger partial charge in [0.2, 0.25) is 5.91 Å². The van der Waals surface area contributed by atoms with E-state index in [0.717, 1.165) is 24.4 Å². The molecule has 2 rings (SSSR count).